The Morgan fingerprint density at radius 2 is 1.95 bits per heavy atom. The van der Waals surface area contributed by atoms with E-state index < -0.39 is 72.8 Å². The summed E-state index contributed by atoms with van der Waals surface area (Å²) in [5, 5.41) is 33.9. The summed E-state index contributed by atoms with van der Waals surface area (Å²) in [6, 6.07) is -1.19. The lowest BCUT2D eigenvalue weighted by Gasteiger charge is -2.29. The van der Waals surface area contributed by atoms with E-state index in [0.717, 1.165) is 36.7 Å². The minimum Gasteiger partial charge on any atom is -0.480 e. The molecule has 6 atom stereocenters. The molecule has 0 unspecified atom stereocenters. The van der Waals surface area contributed by atoms with E-state index in [-0.39, 0.29) is 11.4 Å². The van der Waals surface area contributed by atoms with E-state index in [1.54, 1.807) is 13.8 Å². The Balaban J connectivity index is 1.64. The summed E-state index contributed by atoms with van der Waals surface area (Å²) in [4.78, 5) is 53.8. The van der Waals surface area contributed by atoms with E-state index >= 15 is 0 Å². The number of anilines is 1. The van der Waals surface area contributed by atoms with Gasteiger partial charge in [-0.05, 0) is 24.3 Å². The molecule has 2 fully saturated rings. The molecule has 1 aliphatic carbocycles. The van der Waals surface area contributed by atoms with Gasteiger partial charge < -0.3 is 35.8 Å². The molecule has 2 heterocycles. The van der Waals surface area contributed by atoms with Gasteiger partial charge in [0.1, 0.15) is 24.1 Å². The summed E-state index contributed by atoms with van der Waals surface area (Å²) in [5.41, 5.74) is 5.38. The van der Waals surface area contributed by atoms with E-state index in [1.807, 2.05) is 0 Å². The Morgan fingerprint density at radius 1 is 1.27 bits per heavy atom. The van der Waals surface area contributed by atoms with Crippen molar-refractivity contribution in [1.29, 1.82) is 0 Å². The van der Waals surface area contributed by atoms with Crippen molar-refractivity contribution in [3.8, 4) is 0 Å². The Hall–Kier alpha value is -3.33. The fourth-order valence-corrected chi connectivity index (χ4v) is 5.04. The molecule has 1 aliphatic heterocycles. The van der Waals surface area contributed by atoms with Gasteiger partial charge in [-0.25, -0.2) is 14.4 Å². The first-order valence-electron chi connectivity index (χ1n) is 13.4. The van der Waals surface area contributed by atoms with E-state index in [0.29, 0.717) is 12.3 Å². The van der Waals surface area contributed by atoms with Crippen LogP contribution in [0.1, 0.15) is 58.6 Å². The highest BCUT2D eigenvalue weighted by Crippen LogP contribution is 2.32. The number of nitrogens with one attached hydrogen (secondary N) is 2. The number of nitrogens with zero attached hydrogens (tertiary/aromatic N) is 2. The van der Waals surface area contributed by atoms with Crippen LogP contribution in [-0.4, -0.2) is 79.8 Å². The van der Waals surface area contributed by atoms with Gasteiger partial charge in [-0.1, -0.05) is 52.5 Å². The molecule has 1 saturated heterocycles. The molecule has 14 heteroatoms. The summed E-state index contributed by atoms with van der Waals surface area (Å²) in [6.45, 7) is 6.47. The van der Waals surface area contributed by atoms with Crippen LogP contribution in [0.3, 0.4) is 0 Å². The minimum absolute atomic E-state index is 0.156. The van der Waals surface area contributed by atoms with Crippen LogP contribution in [0.2, 0.25) is 0 Å². The average molecular weight is 566 g/mol. The molecule has 40 heavy (non-hydrogen) atoms. The fraction of sp³-hybridized carbons (Fsp3) is 0.654. The van der Waals surface area contributed by atoms with Gasteiger partial charge in [-0.15, -0.1) is 0 Å². The summed E-state index contributed by atoms with van der Waals surface area (Å²) in [5.74, 6) is -2.43. The second-order valence-corrected chi connectivity index (χ2v) is 10.6. The number of aliphatic hydroxyl groups excluding tert-OH is 2. The minimum atomic E-state index is -1.56. The van der Waals surface area contributed by atoms with Crippen LogP contribution >= 0.6 is 0 Å². The maximum absolute atomic E-state index is 12.7. The van der Waals surface area contributed by atoms with Crippen LogP contribution in [0.15, 0.2) is 29.2 Å². The highest BCUT2D eigenvalue weighted by Gasteiger charge is 2.39. The quantitative estimate of drug-likeness (QED) is 0.203. The number of carbonyl (C=O) groups excluding carboxylic acids is 2. The van der Waals surface area contributed by atoms with Crippen molar-refractivity contribution >= 4 is 23.8 Å². The van der Waals surface area contributed by atoms with Crippen molar-refractivity contribution in [2.45, 2.75) is 89.0 Å². The predicted molar refractivity (Wildman–Crippen MR) is 142 cm³/mol. The molecule has 2 amide bonds. The highest BCUT2D eigenvalue weighted by molar-refractivity contribution is 5.88. The lowest BCUT2D eigenvalue weighted by Crippen LogP contribution is -2.56. The molecule has 1 aromatic heterocycles. The van der Waals surface area contributed by atoms with E-state index in [9.17, 15) is 34.5 Å². The summed E-state index contributed by atoms with van der Waals surface area (Å²) < 4.78 is 11.8. The largest absolute Gasteiger partial charge is 0.480 e. The van der Waals surface area contributed by atoms with Crippen LogP contribution in [0.5, 0.6) is 0 Å². The SMILES string of the molecule is C=C1[C@H](n2ccc(NC(=O)O[C@@H](C(C)C)[C@@H](NC(=O)[C@@H](N)CC3CCCCC3)C(=O)O)nc2=O)O[C@H](CO)[C@H]1O. The number of amides is 2. The second kappa shape index (κ2) is 13.8. The zero-order valence-electron chi connectivity index (χ0n) is 22.7. The number of aromatic nitrogens is 2. The molecule has 0 bridgehead atoms. The zero-order chi connectivity index (χ0) is 29.6. The standard InChI is InChI=1S/C26H39N5O9/c1-13(2)21(19(24(35)36)30-22(34)16(27)11-15-7-5-4-6-8-15)40-26(38)29-18-9-10-31(25(37)28-18)23-14(3)20(33)17(12-32)39-23/h9-10,13,15-17,19-21,23,32-33H,3-8,11-12,27H2,1-2H3,(H,30,34)(H,35,36)(H,28,29,37,38)/t16-,17+,19+,20-,21-,23+/m0/s1. The fourth-order valence-electron chi connectivity index (χ4n) is 5.04. The summed E-state index contributed by atoms with van der Waals surface area (Å²) in [7, 11) is 0. The van der Waals surface area contributed by atoms with Crippen LogP contribution in [0.25, 0.3) is 0 Å². The van der Waals surface area contributed by atoms with Crippen LogP contribution < -0.4 is 22.1 Å². The highest BCUT2D eigenvalue weighted by atomic mass is 16.6. The molecule has 0 aromatic carbocycles. The molecule has 7 N–H and O–H groups in total. The number of carboxylic acids is 1. The molecular formula is C26H39N5O9. The number of carboxylic acid groups (broad SMARTS) is 1. The third kappa shape index (κ3) is 7.65. The zero-order valence-corrected chi connectivity index (χ0v) is 22.7. The number of aliphatic hydroxyl groups is 2. The number of aliphatic carboxylic acids is 1. The van der Waals surface area contributed by atoms with Crippen molar-refractivity contribution in [2.75, 3.05) is 11.9 Å². The van der Waals surface area contributed by atoms with Gasteiger partial charge in [0.2, 0.25) is 5.91 Å². The average Bonchev–Trinajstić information content (AvgIpc) is 3.19. The number of rotatable bonds is 11. The molecule has 1 saturated carbocycles. The van der Waals surface area contributed by atoms with Gasteiger partial charge in [-0.3, -0.25) is 14.7 Å². The molecule has 2 aliphatic rings. The molecule has 1 aromatic rings. The topological polar surface area (TPSA) is 215 Å². The van der Waals surface area contributed by atoms with Crippen molar-refractivity contribution in [1.82, 2.24) is 14.9 Å². The number of ether oxygens (including phenoxy) is 2. The van der Waals surface area contributed by atoms with Crippen molar-refractivity contribution in [3.63, 3.8) is 0 Å². The van der Waals surface area contributed by atoms with Crippen LogP contribution in [-0.2, 0) is 19.1 Å². The van der Waals surface area contributed by atoms with Crippen molar-refractivity contribution in [2.24, 2.45) is 17.6 Å². The monoisotopic (exact) mass is 565 g/mol. The Kier molecular flexibility index (Phi) is 10.8. The molecule has 0 radical (unpaired) electrons. The third-order valence-electron chi connectivity index (χ3n) is 7.29. The smallest absolute Gasteiger partial charge is 0.413 e. The van der Waals surface area contributed by atoms with Gasteiger partial charge in [0.25, 0.3) is 0 Å². The van der Waals surface area contributed by atoms with Crippen LogP contribution in [0, 0.1) is 11.8 Å². The first-order valence-corrected chi connectivity index (χ1v) is 13.4. The van der Waals surface area contributed by atoms with Gasteiger partial charge in [0.15, 0.2) is 12.3 Å². The van der Waals surface area contributed by atoms with Crippen LogP contribution in [0.4, 0.5) is 10.6 Å². The summed E-state index contributed by atoms with van der Waals surface area (Å²) >= 11 is 0. The molecular weight excluding hydrogens is 526 g/mol. The number of carbonyl (C=O) groups is 3. The first kappa shape index (κ1) is 31.2. The maximum atomic E-state index is 12.7. The Bertz CT molecular complexity index is 1130. The normalized spacial score (nSPS) is 23.9. The van der Waals surface area contributed by atoms with Gasteiger partial charge in [0.05, 0.1) is 12.6 Å². The predicted octanol–water partition coefficient (Wildman–Crippen LogP) is 0.490. The van der Waals surface area contributed by atoms with Crippen molar-refractivity contribution in [3.05, 3.63) is 34.9 Å². The number of hydrogen-bond acceptors (Lipinski definition) is 10. The maximum Gasteiger partial charge on any atom is 0.413 e. The van der Waals surface area contributed by atoms with E-state index in [4.69, 9.17) is 15.2 Å². The van der Waals surface area contributed by atoms with Crippen molar-refractivity contribution < 1.29 is 39.2 Å². The van der Waals surface area contributed by atoms with E-state index in [1.165, 1.54) is 12.3 Å². The Morgan fingerprint density at radius 3 is 2.50 bits per heavy atom. The van der Waals surface area contributed by atoms with Gasteiger partial charge in [0, 0.05) is 11.8 Å². The second-order valence-electron chi connectivity index (χ2n) is 10.6. The lowest BCUT2D eigenvalue weighted by molar-refractivity contribution is -0.146. The number of hydrogen-bond donors (Lipinski definition) is 6. The van der Waals surface area contributed by atoms with Gasteiger partial charge >= 0.3 is 17.8 Å². The van der Waals surface area contributed by atoms with Gasteiger partial charge in [-0.2, -0.15) is 4.98 Å². The third-order valence-corrected chi connectivity index (χ3v) is 7.29. The Labute approximate surface area is 231 Å². The molecule has 222 valence electrons. The molecule has 0 spiro atoms. The lowest BCUT2D eigenvalue weighted by atomic mass is 9.85. The first-order chi connectivity index (χ1) is 18.9. The molecule has 14 nitrogen and oxygen atoms in total. The van der Waals surface area contributed by atoms with E-state index in [2.05, 4.69) is 22.2 Å². The molecule has 3 rings (SSSR count). The number of nitrogens with two attached hydrogens (primary N) is 1. The summed E-state index contributed by atoms with van der Waals surface area (Å²) in [6.07, 6.45) is 1.42.